The quantitative estimate of drug-likeness (QED) is 0.719. The Morgan fingerprint density at radius 1 is 1.35 bits per heavy atom. The lowest BCUT2D eigenvalue weighted by Gasteiger charge is -2.14. The van der Waals surface area contributed by atoms with Crippen LogP contribution in [0.25, 0.3) is 0 Å². The molecule has 1 aromatic rings. The van der Waals surface area contributed by atoms with E-state index in [0.29, 0.717) is 5.92 Å². The van der Waals surface area contributed by atoms with Crippen molar-refractivity contribution in [1.29, 1.82) is 0 Å². The molecule has 1 aromatic heterocycles. The minimum Gasteiger partial charge on any atom is -0.307 e. The Hall–Kier alpha value is -0.620. The summed E-state index contributed by atoms with van der Waals surface area (Å²) in [4.78, 5) is 0. The SMILES string of the molecule is CSCCCn1nnnc1C(C)NCC(C)C. The summed E-state index contributed by atoms with van der Waals surface area (Å²) in [5, 5.41) is 15.4. The second kappa shape index (κ2) is 7.66. The third-order valence-electron chi connectivity index (χ3n) is 2.50. The monoisotopic (exact) mass is 257 g/mol. The predicted molar refractivity (Wildman–Crippen MR) is 72.1 cm³/mol. The number of nitrogens with zero attached hydrogens (tertiary/aromatic N) is 4. The highest BCUT2D eigenvalue weighted by Crippen LogP contribution is 2.09. The van der Waals surface area contributed by atoms with Gasteiger partial charge in [-0.3, -0.25) is 0 Å². The van der Waals surface area contributed by atoms with Gasteiger partial charge in [0.1, 0.15) is 0 Å². The molecule has 17 heavy (non-hydrogen) atoms. The molecule has 6 heteroatoms. The van der Waals surface area contributed by atoms with Gasteiger partial charge in [0.2, 0.25) is 0 Å². The molecule has 1 rings (SSSR count). The molecule has 0 saturated carbocycles. The summed E-state index contributed by atoms with van der Waals surface area (Å²) in [7, 11) is 0. The Morgan fingerprint density at radius 3 is 2.76 bits per heavy atom. The molecule has 0 amide bonds. The van der Waals surface area contributed by atoms with E-state index >= 15 is 0 Å². The third-order valence-corrected chi connectivity index (χ3v) is 3.19. The van der Waals surface area contributed by atoms with Gasteiger partial charge in [-0.2, -0.15) is 11.8 Å². The van der Waals surface area contributed by atoms with Crippen LogP contribution in [0.3, 0.4) is 0 Å². The van der Waals surface area contributed by atoms with Gasteiger partial charge in [-0.05, 0) is 48.2 Å². The number of tetrazole rings is 1. The van der Waals surface area contributed by atoms with Crippen LogP contribution in [0.4, 0.5) is 0 Å². The van der Waals surface area contributed by atoms with Crippen LogP contribution in [0, 0.1) is 5.92 Å². The topological polar surface area (TPSA) is 55.6 Å². The van der Waals surface area contributed by atoms with Gasteiger partial charge in [0, 0.05) is 6.54 Å². The largest absolute Gasteiger partial charge is 0.307 e. The van der Waals surface area contributed by atoms with Gasteiger partial charge < -0.3 is 5.32 Å². The molecule has 0 aliphatic carbocycles. The molecular formula is C11H23N5S. The molecule has 0 saturated heterocycles. The number of aromatic nitrogens is 4. The maximum absolute atomic E-state index is 4.11. The van der Waals surface area contributed by atoms with E-state index in [9.17, 15) is 0 Å². The highest BCUT2D eigenvalue weighted by molar-refractivity contribution is 7.98. The van der Waals surface area contributed by atoms with E-state index in [4.69, 9.17) is 0 Å². The second-order valence-electron chi connectivity index (χ2n) is 4.63. The number of hydrogen-bond acceptors (Lipinski definition) is 5. The lowest BCUT2D eigenvalue weighted by atomic mass is 10.2. The summed E-state index contributed by atoms with van der Waals surface area (Å²) < 4.78 is 1.91. The van der Waals surface area contributed by atoms with Crippen molar-refractivity contribution in [3.63, 3.8) is 0 Å². The molecule has 1 heterocycles. The Morgan fingerprint density at radius 2 is 2.12 bits per heavy atom. The van der Waals surface area contributed by atoms with Crippen LogP contribution in [-0.4, -0.2) is 38.8 Å². The smallest absolute Gasteiger partial charge is 0.167 e. The van der Waals surface area contributed by atoms with Crippen LogP contribution in [0.1, 0.15) is 39.1 Å². The van der Waals surface area contributed by atoms with E-state index in [2.05, 4.69) is 47.9 Å². The van der Waals surface area contributed by atoms with Crippen LogP contribution in [0.5, 0.6) is 0 Å². The highest BCUT2D eigenvalue weighted by atomic mass is 32.2. The van der Waals surface area contributed by atoms with E-state index in [1.165, 1.54) is 0 Å². The zero-order valence-corrected chi connectivity index (χ0v) is 12.0. The molecule has 0 radical (unpaired) electrons. The molecule has 0 spiro atoms. The van der Waals surface area contributed by atoms with Crippen molar-refractivity contribution in [2.45, 2.75) is 39.8 Å². The van der Waals surface area contributed by atoms with E-state index in [-0.39, 0.29) is 6.04 Å². The molecule has 1 N–H and O–H groups in total. The number of thioether (sulfide) groups is 1. The summed E-state index contributed by atoms with van der Waals surface area (Å²) in [6, 6.07) is 0.210. The van der Waals surface area contributed by atoms with Gasteiger partial charge in [0.05, 0.1) is 6.04 Å². The fourth-order valence-electron chi connectivity index (χ4n) is 1.54. The van der Waals surface area contributed by atoms with Crippen molar-refractivity contribution >= 4 is 11.8 Å². The van der Waals surface area contributed by atoms with Gasteiger partial charge in [-0.1, -0.05) is 13.8 Å². The van der Waals surface area contributed by atoms with Gasteiger partial charge in [-0.25, -0.2) is 4.68 Å². The molecule has 1 unspecified atom stereocenters. The van der Waals surface area contributed by atoms with Gasteiger partial charge in [0.25, 0.3) is 0 Å². The number of aryl methyl sites for hydroxylation is 1. The second-order valence-corrected chi connectivity index (χ2v) is 5.62. The fraction of sp³-hybridized carbons (Fsp3) is 0.909. The third kappa shape index (κ3) is 5.04. The first kappa shape index (κ1) is 14.4. The van der Waals surface area contributed by atoms with Crippen molar-refractivity contribution in [2.75, 3.05) is 18.6 Å². The highest BCUT2D eigenvalue weighted by Gasteiger charge is 2.13. The number of nitrogens with one attached hydrogen (secondary N) is 1. The predicted octanol–water partition coefficient (Wildman–Crippen LogP) is 1.73. The molecule has 0 aliphatic heterocycles. The van der Waals surface area contributed by atoms with Crippen LogP contribution in [0.2, 0.25) is 0 Å². The first-order chi connectivity index (χ1) is 8.15. The van der Waals surface area contributed by atoms with E-state index in [0.717, 1.165) is 31.1 Å². The van der Waals surface area contributed by atoms with Crippen LogP contribution >= 0.6 is 11.8 Å². The van der Waals surface area contributed by atoms with Gasteiger partial charge >= 0.3 is 0 Å². The Kier molecular flexibility index (Phi) is 6.50. The van der Waals surface area contributed by atoms with Crippen molar-refractivity contribution in [1.82, 2.24) is 25.5 Å². The normalized spacial score (nSPS) is 13.2. The zero-order valence-electron chi connectivity index (χ0n) is 11.2. The molecule has 5 nitrogen and oxygen atoms in total. The standard InChI is InChI=1S/C11H23N5S/c1-9(2)8-12-10(3)11-13-14-15-16(11)6-5-7-17-4/h9-10,12H,5-8H2,1-4H3. The lowest BCUT2D eigenvalue weighted by Crippen LogP contribution is -2.26. The Labute approximate surface area is 108 Å². The maximum Gasteiger partial charge on any atom is 0.167 e. The van der Waals surface area contributed by atoms with Crippen LogP contribution in [-0.2, 0) is 6.54 Å². The summed E-state index contributed by atoms with van der Waals surface area (Å²) in [6.07, 6.45) is 3.23. The van der Waals surface area contributed by atoms with E-state index in [1.807, 2.05) is 16.4 Å². The van der Waals surface area contributed by atoms with Crippen molar-refractivity contribution in [3.05, 3.63) is 5.82 Å². The average molecular weight is 257 g/mol. The summed E-state index contributed by atoms with van der Waals surface area (Å²) in [5.74, 6) is 2.72. The Bertz CT molecular complexity index is 313. The van der Waals surface area contributed by atoms with Crippen LogP contribution in [0.15, 0.2) is 0 Å². The average Bonchev–Trinajstić information content (AvgIpc) is 2.74. The Balaban J connectivity index is 2.48. The van der Waals surface area contributed by atoms with E-state index in [1.54, 1.807) is 0 Å². The van der Waals surface area contributed by atoms with Crippen molar-refractivity contribution in [3.8, 4) is 0 Å². The molecule has 0 aliphatic rings. The summed E-state index contributed by atoms with van der Waals surface area (Å²) >= 11 is 1.85. The minimum atomic E-state index is 0.210. The molecule has 98 valence electrons. The first-order valence-electron chi connectivity index (χ1n) is 6.13. The first-order valence-corrected chi connectivity index (χ1v) is 7.53. The van der Waals surface area contributed by atoms with Crippen molar-refractivity contribution in [2.24, 2.45) is 5.92 Å². The molecule has 1 atom stereocenters. The molecule has 0 aromatic carbocycles. The molecular weight excluding hydrogens is 234 g/mol. The van der Waals surface area contributed by atoms with Gasteiger partial charge in [-0.15, -0.1) is 5.10 Å². The number of hydrogen-bond donors (Lipinski definition) is 1. The number of rotatable bonds is 8. The minimum absolute atomic E-state index is 0.210. The van der Waals surface area contributed by atoms with Crippen molar-refractivity contribution < 1.29 is 0 Å². The van der Waals surface area contributed by atoms with E-state index < -0.39 is 0 Å². The summed E-state index contributed by atoms with van der Waals surface area (Å²) in [6.45, 7) is 8.39. The summed E-state index contributed by atoms with van der Waals surface area (Å²) in [5.41, 5.74) is 0. The fourth-order valence-corrected chi connectivity index (χ4v) is 1.96. The maximum atomic E-state index is 4.11. The lowest BCUT2D eigenvalue weighted by molar-refractivity contribution is 0.451. The molecule has 0 fully saturated rings. The zero-order chi connectivity index (χ0) is 12.7. The van der Waals surface area contributed by atoms with Crippen LogP contribution < -0.4 is 5.32 Å². The van der Waals surface area contributed by atoms with Gasteiger partial charge in [0.15, 0.2) is 5.82 Å². The molecule has 0 bridgehead atoms.